The van der Waals surface area contributed by atoms with Gasteiger partial charge in [0.15, 0.2) is 12.1 Å². The molecule has 4 heteroatoms. The molecule has 0 bridgehead atoms. The lowest BCUT2D eigenvalue weighted by Crippen LogP contribution is -1.99. The highest BCUT2D eigenvalue weighted by molar-refractivity contribution is 6.07. The number of carbonyl (C=O) groups is 2. The molecule has 0 fully saturated rings. The van der Waals surface area contributed by atoms with Gasteiger partial charge in [0.05, 0.1) is 18.2 Å². The van der Waals surface area contributed by atoms with Crippen molar-refractivity contribution in [3.05, 3.63) is 47.6 Å². The Bertz CT molecular complexity index is 513. The van der Waals surface area contributed by atoms with Crippen LogP contribution in [0.4, 0.5) is 0 Å². The van der Waals surface area contributed by atoms with E-state index in [-0.39, 0.29) is 28.4 Å². The van der Waals surface area contributed by atoms with Crippen LogP contribution in [0.25, 0.3) is 0 Å². The lowest BCUT2D eigenvalue weighted by Gasteiger charge is -2.07. The second kappa shape index (κ2) is 6.39. The molecule has 0 aliphatic heterocycles. The summed E-state index contributed by atoms with van der Waals surface area (Å²) >= 11 is 0. The van der Waals surface area contributed by atoms with Crippen molar-refractivity contribution in [2.75, 3.05) is 7.11 Å². The Hall–Kier alpha value is -2.36. The summed E-state index contributed by atoms with van der Waals surface area (Å²) in [6.45, 7) is 1.82. The molecular formula is C14H14O4. The first-order chi connectivity index (χ1) is 8.63. The summed E-state index contributed by atoms with van der Waals surface area (Å²) in [6.07, 6.45) is 6.92. The van der Waals surface area contributed by atoms with E-state index in [2.05, 4.69) is 0 Å². The summed E-state index contributed by atoms with van der Waals surface area (Å²) < 4.78 is 4.92. The van der Waals surface area contributed by atoms with Crippen LogP contribution in [0.3, 0.4) is 0 Å². The number of aromatic hydroxyl groups is 1. The van der Waals surface area contributed by atoms with Gasteiger partial charge in [0.25, 0.3) is 0 Å². The van der Waals surface area contributed by atoms with Crippen LogP contribution in [-0.4, -0.2) is 24.3 Å². The second-order valence-corrected chi connectivity index (χ2v) is 3.48. The fourth-order valence-corrected chi connectivity index (χ4v) is 1.40. The van der Waals surface area contributed by atoms with Gasteiger partial charge in [-0.25, -0.2) is 0 Å². The lowest BCUT2D eigenvalue weighted by molar-refractivity contribution is 0.104. The van der Waals surface area contributed by atoms with Crippen LogP contribution in [0.15, 0.2) is 36.4 Å². The highest BCUT2D eigenvalue weighted by Gasteiger charge is 2.13. The van der Waals surface area contributed by atoms with Crippen molar-refractivity contribution in [3.8, 4) is 11.5 Å². The van der Waals surface area contributed by atoms with Crippen molar-refractivity contribution < 1.29 is 19.4 Å². The smallest absolute Gasteiger partial charge is 0.189 e. The van der Waals surface area contributed by atoms with Crippen molar-refractivity contribution in [1.29, 1.82) is 0 Å². The van der Waals surface area contributed by atoms with E-state index in [0.29, 0.717) is 6.29 Å². The molecule has 0 aliphatic rings. The molecule has 94 valence electrons. The summed E-state index contributed by atoms with van der Waals surface area (Å²) in [7, 11) is 1.38. The van der Waals surface area contributed by atoms with Gasteiger partial charge in [-0.2, -0.15) is 0 Å². The molecule has 1 aromatic rings. The van der Waals surface area contributed by atoms with Crippen LogP contribution in [0.2, 0.25) is 0 Å². The van der Waals surface area contributed by atoms with E-state index in [4.69, 9.17) is 4.74 Å². The Morgan fingerprint density at radius 1 is 1.33 bits per heavy atom. The van der Waals surface area contributed by atoms with Gasteiger partial charge in [0.2, 0.25) is 0 Å². The van der Waals surface area contributed by atoms with Crippen LogP contribution in [0, 0.1) is 0 Å². The van der Waals surface area contributed by atoms with E-state index in [1.807, 2.05) is 6.92 Å². The molecule has 0 saturated heterocycles. The molecule has 0 saturated carbocycles. The number of allylic oxidation sites excluding steroid dienone is 4. The number of carbonyl (C=O) groups excluding carboxylic acids is 2. The number of hydrogen-bond acceptors (Lipinski definition) is 4. The summed E-state index contributed by atoms with van der Waals surface area (Å²) in [5, 5.41) is 9.70. The number of phenols is 1. The molecule has 0 heterocycles. The minimum Gasteiger partial charge on any atom is -0.507 e. The Morgan fingerprint density at radius 2 is 2.06 bits per heavy atom. The molecule has 0 aromatic heterocycles. The van der Waals surface area contributed by atoms with Gasteiger partial charge in [-0.15, -0.1) is 0 Å². The van der Waals surface area contributed by atoms with Crippen LogP contribution in [0.1, 0.15) is 27.6 Å². The molecule has 0 radical (unpaired) electrons. The van der Waals surface area contributed by atoms with Crippen LogP contribution in [-0.2, 0) is 0 Å². The van der Waals surface area contributed by atoms with E-state index in [1.54, 1.807) is 18.2 Å². The standard InChI is InChI=1S/C14H14O4/c1-3-4-5-6-12(16)11-7-10(9-15)14(18-2)8-13(11)17/h3-9,17H,1-2H3/b4-3+,6-5+. The van der Waals surface area contributed by atoms with Crippen LogP contribution >= 0.6 is 0 Å². The average Bonchev–Trinajstić information content (AvgIpc) is 2.38. The number of aldehydes is 1. The summed E-state index contributed by atoms with van der Waals surface area (Å²) in [5.74, 6) is -0.361. The van der Waals surface area contributed by atoms with Gasteiger partial charge >= 0.3 is 0 Å². The van der Waals surface area contributed by atoms with Gasteiger partial charge in [0.1, 0.15) is 11.5 Å². The minimum absolute atomic E-state index is 0.0682. The predicted octanol–water partition coefficient (Wildman–Crippen LogP) is 2.53. The molecular weight excluding hydrogens is 232 g/mol. The molecule has 1 aromatic carbocycles. The van der Waals surface area contributed by atoms with Gasteiger partial charge in [-0.05, 0) is 19.1 Å². The topological polar surface area (TPSA) is 63.6 Å². The highest BCUT2D eigenvalue weighted by atomic mass is 16.5. The fourth-order valence-electron chi connectivity index (χ4n) is 1.40. The van der Waals surface area contributed by atoms with Gasteiger partial charge in [-0.3, -0.25) is 9.59 Å². The molecule has 0 atom stereocenters. The number of rotatable bonds is 5. The third kappa shape index (κ3) is 3.07. The molecule has 1 rings (SSSR count). The first-order valence-corrected chi connectivity index (χ1v) is 5.34. The van der Waals surface area contributed by atoms with E-state index in [0.717, 1.165) is 0 Å². The maximum Gasteiger partial charge on any atom is 0.189 e. The zero-order chi connectivity index (χ0) is 13.5. The number of phenolic OH excluding ortho intramolecular Hbond substituents is 1. The Morgan fingerprint density at radius 3 is 2.61 bits per heavy atom. The van der Waals surface area contributed by atoms with E-state index >= 15 is 0 Å². The third-order valence-electron chi connectivity index (χ3n) is 2.29. The molecule has 0 unspecified atom stereocenters. The Labute approximate surface area is 105 Å². The highest BCUT2D eigenvalue weighted by Crippen LogP contribution is 2.27. The zero-order valence-corrected chi connectivity index (χ0v) is 10.2. The summed E-state index contributed by atoms with van der Waals surface area (Å²) in [5.41, 5.74) is 0.289. The number of methoxy groups -OCH3 is 1. The molecule has 1 N–H and O–H groups in total. The number of ketones is 1. The summed E-state index contributed by atoms with van der Waals surface area (Å²) in [4.78, 5) is 22.6. The van der Waals surface area contributed by atoms with Crippen molar-refractivity contribution in [2.24, 2.45) is 0 Å². The van der Waals surface area contributed by atoms with Crippen molar-refractivity contribution in [1.82, 2.24) is 0 Å². The van der Waals surface area contributed by atoms with Crippen LogP contribution in [0.5, 0.6) is 11.5 Å². The Kier molecular flexibility index (Phi) is 4.87. The van der Waals surface area contributed by atoms with Gasteiger partial charge < -0.3 is 9.84 Å². The lowest BCUT2D eigenvalue weighted by atomic mass is 10.0. The molecule has 0 aliphatic carbocycles. The Balaban J connectivity index is 3.17. The largest absolute Gasteiger partial charge is 0.507 e. The molecule has 0 spiro atoms. The van der Waals surface area contributed by atoms with Gasteiger partial charge in [-0.1, -0.05) is 18.2 Å². The zero-order valence-electron chi connectivity index (χ0n) is 10.2. The average molecular weight is 246 g/mol. The quantitative estimate of drug-likeness (QED) is 0.375. The minimum atomic E-state index is -0.378. The normalized spacial score (nSPS) is 11.0. The predicted molar refractivity (Wildman–Crippen MR) is 68.3 cm³/mol. The maximum atomic E-state index is 11.8. The number of benzene rings is 1. The van der Waals surface area contributed by atoms with E-state index < -0.39 is 0 Å². The fraction of sp³-hybridized carbons (Fsp3) is 0.143. The monoisotopic (exact) mass is 246 g/mol. The SMILES string of the molecule is C/C=C/C=C/C(=O)c1cc(C=O)c(OC)cc1O. The summed E-state index contributed by atoms with van der Waals surface area (Å²) in [6, 6.07) is 2.56. The van der Waals surface area contributed by atoms with E-state index in [1.165, 1.54) is 25.3 Å². The third-order valence-corrected chi connectivity index (χ3v) is 2.29. The molecule has 0 amide bonds. The van der Waals surface area contributed by atoms with Crippen molar-refractivity contribution in [3.63, 3.8) is 0 Å². The first-order valence-electron chi connectivity index (χ1n) is 5.34. The maximum absolute atomic E-state index is 11.8. The van der Waals surface area contributed by atoms with Crippen LogP contribution < -0.4 is 4.74 Å². The number of hydrogen-bond donors (Lipinski definition) is 1. The number of ether oxygens (including phenoxy) is 1. The van der Waals surface area contributed by atoms with Gasteiger partial charge in [0, 0.05) is 6.07 Å². The first kappa shape index (κ1) is 13.7. The second-order valence-electron chi connectivity index (χ2n) is 3.48. The van der Waals surface area contributed by atoms with Crippen molar-refractivity contribution >= 4 is 12.1 Å². The molecule has 4 nitrogen and oxygen atoms in total. The van der Waals surface area contributed by atoms with Crippen molar-refractivity contribution in [2.45, 2.75) is 6.92 Å². The van der Waals surface area contributed by atoms with E-state index in [9.17, 15) is 14.7 Å². The molecule has 18 heavy (non-hydrogen) atoms.